The number of hydrogen-bond donors (Lipinski definition) is 1. The largest absolute Gasteiger partial charge is 0.306 e. The molecule has 1 unspecified atom stereocenters. The first-order valence-corrected chi connectivity index (χ1v) is 8.23. The number of halogens is 5. The molecule has 21 heavy (non-hydrogen) atoms. The summed E-state index contributed by atoms with van der Waals surface area (Å²) in [5, 5.41) is 3.48. The average Bonchev–Trinajstić information content (AvgIpc) is 2.41. The van der Waals surface area contributed by atoms with E-state index >= 15 is 0 Å². The van der Waals surface area contributed by atoms with E-state index < -0.39 is 17.7 Å². The van der Waals surface area contributed by atoms with E-state index in [0.29, 0.717) is 31.6 Å². The number of nitrogens with one attached hydrogen (secondary N) is 1. The molecule has 2 rings (SSSR count). The summed E-state index contributed by atoms with van der Waals surface area (Å²) in [6.45, 7) is 2.44. The molecule has 6 heteroatoms. The van der Waals surface area contributed by atoms with Crippen molar-refractivity contribution in [2.45, 2.75) is 13.0 Å². The Morgan fingerprint density at radius 3 is 2.38 bits per heavy atom. The van der Waals surface area contributed by atoms with Gasteiger partial charge in [-0.05, 0) is 46.7 Å². The molecule has 0 heterocycles. The normalized spacial score (nSPS) is 12.5. The van der Waals surface area contributed by atoms with Crippen LogP contribution in [0.5, 0.6) is 0 Å². The maximum absolute atomic E-state index is 14.2. The molecule has 1 nitrogen and oxygen atoms in total. The van der Waals surface area contributed by atoms with E-state index in [-0.39, 0.29) is 0 Å². The first-order chi connectivity index (χ1) is 9.93. The van der Waals surface area contributed by atoms with Crippen molar-refractivity contribution in [3.8, 4) is 0 Å². The second-order valence-electron chi connectivity index (χ2n) is 4.44. The molecule has 0 aliphatic carbocycles. The van der Waals surface area contributed by atoms with Gasteiger partial charge in [-0.15, -0.1) is 0 Å². The van der Waals surface area contributed by atoms with Crippen molar-refractivity contribution in [3.63, 3.8) is 0 Å². The molecule has 0 spiro atoms. The molecule has 0 aromatic heterocycles. The number of benzene rings is 2. The maximum Gasteiger partial charge on any atom is 0.129 e. The van der Waals surface area contributed by atoms with Crippen molar-refractivity contribution in [3.05, 3.63) is 67.1 Å². The van der Waals surface area contributed by atoms with Crippen LogP contribution in [0.4, 0.5) is 8.78 Å². The standard InChI is InChI=1S/C15H12Br2ClF2N/c1-2-21-15(9-4-3-8(16)5-13(9)19)10-6-12(18)11(17)7-14(10)20/h3-7,15,21H,2H2,1H3. The molecule has 1 atom stereocenters. The lowest BCUT2D eigenvalue weighted by Crippen LogP contribution is -2.24. The molecule has 0 bridgehead atoms. The summed E-state index contributed by atoms with van der Waals surface area (Å²) in [7, 11) is 0. The smallest absolute Gasteiger partial charge is 0.129 e. The summed E-state index contributed by atoms with van der Waals surface area (Å²) in [6, 6.07) is 6.91. The molecule has 0 fully saturated rings. The van der Waals surface area contributed by atoms with Gasteiger partial charge in [0.2, 0.25) is 0 Å². The second-order valence-corrected chi connectivity index (χ2v) is 6.62. The fraction of sp³-hybridized carbons (Fsp3) is 0.200. The van der Waals surface area contributed by atoms with Crippen LogP contribution in [0.3, 0.4) is 0 Å². The van der Waals surface area contributed by atoms with Gasteiger partial charge < -0.3 is 5.32 Å². The topological polar surface area (TPSA) is 12.0 Å². The Balaban J connectivity index is 2.55. The van der Waals surface area contributed by atoms with Crippen molar-refractivity contribution in [1.82, 2.24) is 5.32 Å². The molecular formula is C15H12Br2ClF2N. The zero-order chi connectivity index (χ0) is 15.6. The Hall–Kier alpha value is -0.490. The Bertz CT molecular complexity index is 664. The quantitative estimate of drug-likeness (QED) is 0.590. The van der Waals surface area contributed by atoms with Gasteiger partial charge in [-0.3, -0.25) is 0 Å². The van der Waals surface area contributed by atoms with E-state index in [9.17, 15) is 8.78 Å². The highest BCUT2D eigenvalue weighted by molar-refractivity contribution is 9.10. The van der Waals surface area contributed by atoms with E-state index in [1.54, 1.807) is 12.1 Å². The zero-order valence-corrected chi connectivity index (χ0v) is 15.0. The van der Waals surface area contributed by atoms with Crippen LogP contribution in [0.1, 0.15) is 24.1 Å². The summed E-state index contributed by atoms with van der Waals surface area (Å²) >= 11 is 12.4. The lowest BCUT2D eigenvalue weighted by molar-refractivity contribution is 0.530. The van der Waals surface area contributed by atoms with E-state index in [4.69, 9.17) is 11.6 Å². The lowest BCUT2D eigenvalue weighted by Gasteiger charge is -2.21. The van der Waals surface area contributed by atoms with Crippen LogP contribution < -0.4 is 5.32 Å². The summed E-state index contributed by atoms with van der Waals surface area (Å²) in [5.41, 5.74) is 0.684. The molecule has 0 aliphatic heterocycles. The third kappa shape index (κ3) is 3.83. The molecule has 0 amide bonds. The fourth-order valence-electron chi connectivity index (χ4n) is 2.09. The fourth-order valence-corrected chi connectivity index (χ4v) is 2.91. The number of rotatable bonds is 4. The summed E-state index contributed by atoms with van der Waals surface area (Å²) in [4.78, 5) is 0. The van der Waals surface area contributed by atoms with Crippen molar-refractivity contribution in [1.29, 1.82) is 0 Å². The Morgan fingerprint density at radius 1 is 1.10 bits per heavy atom. The molecule has 2 aromatic carbocycles. The molecule has 0 saturated carbocycles. The molecular weight excluding hydrogens is 427 g/mol. The molecule has 0 aliphatic rings. The summed E-state index contributed by atoms with van der Waals surface area (Å²) in [5.74, 6) is -0.853. The van der Waals surface area contributed by atoms with Gasteiger partial charge in [-0.25, -0.2) is 8.78 Å². The van der Waals surface area contributed by atoms with Crippen LogP contribution in [-0.2, 0) is 0 Å². The van der Waals surface area contributed by atoms with Crippen LogP contribution in [0.15, 0.2) is 39.3 Å². The third-order valence-corrected chi connectivity index (χ3v) is 4.72. The van der Waals surface area contributed by atoms with Crippen LogP contribution in [0.2, 0.25) is 5.02 Å². The van der Waals surface area contributed by atoms with Gasteiger partial charge in [-0.1, -0.05) is 40.5 Å². The van der Waals surface area contributed by atoms with Crippen molar-refractivity contribution in [2.24, 2.45) is 0 Å². The predicted octanol–water partition coefficient (Wildman–Crippen LogP) is 5.84. The highest BCUT2D eigenvalue weighted by atomic mass is 79.9. The van der Waals surface area contributed by atoms with Crippen LogP contribution in [0.25, 0.3) is 0 Å². The SMILES string of the molecule is CCNC(c1ccc(Br)cc1F)c1cc(Cl)c(Br)cc1F. The highest BCUT2D eigenvalue weighted by Gasteiger charge is 2.21. The van der Waals surface area contributed by atoms with E-state index in [1.165, 1.54) is 18.2 Å². The first kappa shape index (κ1) is 16.9. The summed E-state index contributed by atoms with van der Waals surface area (Å²) in [6.07, 6.45) is 0. The molecule has 0 saturated heterocycles. The second kappa shape index (κ2) is 7.18. The van der Waals surface area contributed by atoms with Gasteiger partial charge in [0.1, 0.15) is 11.6 Å². The first-order valence-electron chi connectivity index (χ1n) is 6.26. The van der Waals surface area contributed by atoms with Gasteiger partial charge in [0.05, 0.1) is 11.1 Å². The minimum atomic E-state index is -0.603. The van der Waals surface area contributed by atoms with Crippen molar-refractivity contribution < 1.29 is 8.78 Å². The lowest BCUT2D eigenvalue weighted by atomic mass is 9.97. The van der Waals surface area contributed by atoms with Gasteiger partial charge >= 0.3 is 0 Å². The van der Waals surface area contributed by atoms with E-state index in [0.717, 1.165) is 0 Å². The van der Waals surface area contributed by atoms with Crippen LogP contribution in [-0.4, -0.2) is 6.54 Å². The van der Waals surface area contributed by atoms with Crippen molar-refractivity contribution in [2.75, 3.05) is 6.54 Å². The van der Waals surface area contributed by atoms with Gasteiger partial charge in [0, 0.05) is 20.1 Å². The van der Waals surface area contributed by atoms with Crippen LogP contribution >= 0.6 is 43.5 Å². The molecule has 0 radical (unpaired) electrons. The number of hydrogen-bond acceptors (Lipinski definition) is 1. The molecule has 2 aromatic rings. The molecule has 112 valence electrons. The van der Waals surface area contributed by atoms with E-state index in [1.807, 2.05) is 6.92 Å². The van der Waals surface area contributed by atoms with Gasteiger partial charge in [0.25, 0.3) is 0 Å². The highest BCUT2D eigenvalue weighted by Crippen LogP contribution is 2.33. The molecule has 1 N–H and O–H groups in total. The van der Waals surface area contributed by atoms with Gasteiger partial charge in [-0.2, -0.15) is 0 Å². The Morgan fingerprint density at radius 2 is 1.76 bits per heavy atom. The predicted molar refractivity (Wildman–Crippen MR) is 88.7 cm³/mol. The zero-order valence-electron chi connectivity index (χ0n) is 11.1. The van der Waals surface area contributed by atoms with Crippen LogP contribution in [0, 0.1) is 11.6 Å². The minimum Gasteiger partial charge on any atom is -0.306 e. The van der Waals surface area contributed by atoms with E-state index in [2.05, 4.69) is 37.2 Å². The van der Waals surface area contributed by atoms with Gasteiger partial charge in [0.15, 0.2) is 0 Å². The monoisotopic (exact) mass is 437 g/mol. The maximum atomic E-state index is 14.2. The van der Waals surface area contributed by atoms with Crippen molar-refractivity contribution >= 4 is 43.5 Å². The minimum absolute atomic E-state index is 0.311. The summed E-state index contributed by atoms with van der Waals surface area (Å²) < 4.78 is 29.5. The third-order valence-electron chi connectivity index (χ3n) is 3.03. The Labute approximate surface area is 144 Å². The average molecular weight is 440 g/mol. The Kier molecular flexibility index (Phi) is 5.77.